The second kappa shape index (κ2) is 13.6. The Morgan fingerprint density at radius 3 is 1.31 bits per heavy atom. The van der Waals surface area contributed by atoms with Gasteiger partial charge in [-0.05, 0) is 0 Å². The Balaban J connectivity index is -0.000000158. The Morgan fingerprint density at radius 2 is 1.25 bits per heavy atom. The van der Waals surface area contributed by atoms with E-state index in [2.05, 4.69) is 26.8 Å². The first-order chi connectivity index (χ1) is 6.73. The van der Waals surface area contributed by atoms with E-state index < -0.39 is 7.82 Å². The molecular weight excluding hydrogens is 354 g/mol. The molecule has 4 nitrogen and oxygen atoms in total. The summed E-state index contributed by atoms with van der Waals surface area (Å²) in [4.78, 5) is 21.6. The molecule has 0 atom stereocenters. The molecule has 0 bridgehead atoms. The van der Waals surface area contributed by atoms with E-state index in [-0.39, 0.29) is 35.6 Å². The zero-order valence-corrected chi connectivity index (χ0v) is 14.2. The zero-order valence-electron chi connectivity index (χ0n) is 9.66. The second-order valence-electron chi connectivity index (χ2n) is 3.09. The fraction of sp³-hybridized carbons (Fsp3) is 0.300. The third-order valence-corrected chi connectivity index (χ3v) is 0.607. The van der Waals surface area contributed by atoms with Crippen LogP contribution in [-0.4, -0.2) is 14.7 Å². The van der Waals surface area contributed by atoms with Gasteiger partial charge in [0, 0.05) is 35.6 Å². The first kappa shape index (κ1) is 21.8. The van der Waals surface area contributed by atoms with E-state index >= 15 is 0 Å². The molecule has 6 heteroatoms. The molecule has 0 fully saturated rings. The molecule has 1 rings (SSSR count). The van der Waals surface area contributed by atoms with E-state index in [0.717, 1.165) is 0 Å². The standard InChI is InChI=1S/C6H5.C4H9.La.H3O4P/c1-2-4-6-5-3-1;1-4(2)3;;1-5(2,3)4/h1-5H;1-3H3;;(H3,1,2,3,4)/q2*-1;;. The van der Waals surface area contributed by atoms with Crippen LogP contribution in [0.2, 0.25) is 0 Å². The van der Waals surface area contributed by atoms with Crippen LogP contribution in [0.4, 0.5) is 0 Å². The van der Waals surface area contributed by atoms with Gasteiger partial charge >= 0.3 is 7.82 Å². The summed E-state index contributed by atoms with van der Waals surface area (Å²) >= 11 is 0. The first-order valence-corrected chi connectivity index (χ1v) is 5.76. The van der Waals surface area contributed by atoms with Crippen molar-refractivity contribution in [3.8, 4) is 0 Å². The summed E-state index contributed by atoms with van der Waals surface area (Å²) in [6, 6.07) is 12.5. The van der Waals surface area contributed by atoms with Crippen LogP contribution in [0, 0.1) is 47.6 Å². The van der Waals surface area contributed by atoms with Crippen molar-refractivity contribution in [2.24, 2.45) is 0 Å². The smallest absolute Gasteiger partial charge is 0.323 e. The topological polar surface area (TPSA) is 77.8 Å². The van der Waals surface area contributed by atoms with Crippen molar-refractivity contribution in [1.82, 2.24) is 0 Å². The van der Waals surface area contributed by atoms with E-state index in [1.165, 1.54) is 5.92 Å². The maximum Gasteiger partial charge on any atom is 0.466 e. The molecule has 1 aromatic rings. The van der Waals surface area contributed by atoms with Crippen LogP contribution >= 0.6 is 7.82 Å². The Morgan fingerprint density at radius 1 is 1.00 bits per heavy atom. The Kier molecular flexibility index (Phi) is 18.5. The van der Waals surface area contributed by atoms with Crippen LogP contribution in [0.1, 0.15) is 20.8 Å². The molecule has 0 aromatic heterocycles. The molecular formula is C10H17LaO4P-2. The summed E-state index contributed by atoms with van der Waals surface area (Å²) in [6.45, 7) is 6.25. The molecule has 1 aromatic carbocycles. The monoisotopic (exact) mass is 371 g/mol. The van der Waals surface area contributed by atoms with Crippen molar-refractivity contribution >= 4 is 7.82 Å². The van der Waals surface area contributed by atoms with Gasteiger partial charge < -0.3 is 20.6 Å². The largest absolute Gasteiger partial charge is 0.466 e. The van der Waals surface area contributed by atoms with Crippen molar-refractivity contribution in [3.05, 3.63) is 42.3 Å². The van der Waals surface area contributed by atoms with E-state index in [1.54, 1.807) is 0 Å². The van der Waals surface area contributed by atoms with Crippen LogP contribution < -0.4 is 0 Å². The third kappa shape index (κ3) is 62.4. The maximum absolute atomic E-state index is 8.88. The van der Waals surface area contributed by atoms with Gasteiger partial charge in [0.2, 0.25) is 0 Å². The predicted octanol–water partition coefficient (Wildman–Crippen LogP) is 2.18. The average molecular weight is 371 g/mol. The molecule has 0 aliphatic heterocycles. The van der Waals surface area contributed by atoms with Crippen molar-refractivity contribution in [1.29, 1.82) is 0 Å². The van der Waals surface area contributed by atoms with Crippen molar-refractivity contribution in [3.63, 3.8) is 0 Å². The van der Waals surface area contributed by atoms with Gasteiger partial charge in [-0.15, -0.1) is 0 Å². The van der Waals surface area contributed by atoms with E-state index in [0.29, 0.717) is 0 Å². The minimum absolute atomic E-state index is 0. The van der Waals surface area contributed by atoms with Crippen LogP contribution in [0.25, 0.3) is 0 Å². The molecule has 0 spiro atoms. The molecule has 3 N–H and O–H groups in total. The predicted molar refractivity (Wildman–Crippen MR) is 59.8 cm³/mol. The van der Waals surface area contributed by atoms with E-state index in [9.17, 15) is 0 Å². The number of benzene rings is 1. The second-order valence-corrected chi connectivity index (χ2v) is 4.12. The molecule has 1 radical (unpaired) electrons. The van der Waals surface area contributed by atoms with Gasteiger partial charge in [0.15, 0.2) is 0 Å². The van der Waals surface area contributed by atoms with Gasteiger partial charge in [-0.25, -0.2) is 4.57 Å². The molecule has 0 unspecified atom stereocenters. The summed E-state index contributed by atoms with van der Waals surface area (Å²) in [5, 5.41) is 0. The Hall–Kier alpha value is 0.525. The molecule has 0 amide bonds. The van der Waals surface area contributed by atoms with Crippen LogP contribution in [-0.2, 0) is 4.57 Å². The van der Waals surface area contributed by atoms with Gasteiger partial charge in [0.1, 0.15) is 0 Å². The molecule has 16 heavy (non-hydrogen) atoms. The van der Waals surface area contributed by atoms with Crippen molar-refractivity contribution < 1.29 is 54.8 Å². The molecule has 0 saturated heterocycles. The molecule has 91 valence electrons. The normalized spacial score (nSPS) is 8.94. The minimum atomic E-state index is -4.64. The van der Waals surface area contributed by atoms with Crippen LogP contribution in [0.5, 0.6) is 0 Å². The number of rotatable bonds is 0. The zero-order chi connectivity index (χ0) is 12.3. The minimum Gasteiger partial charge on any atom is -0.323 e. The van der Waals surface area contributed by atoms with Gasteiger partial charge in [-0.2, -0.15) is 57.2 Å². The molecule has 0 aliphatic rings. The van der Waals surface area contributed by atoms with Crippen molar-refractivity contribution in [2.75, 3.05) is 0 Å². The molecule has 0 aliphatic carbocycles. The summed E-state index contributed by atoms with van der Waals surface area (Å²) in [5.74, 6) is 1.42. The van der Waals surface area contributed by atoms with Crippen LogP contribution in [0.3, 0.4) is 0 Å². The number of hydrogen-bond acceptors (Lipinski definition) is 1. The average Bonchev–Trinajstić information content (AvgIpc) is 2.03. The van der Waals surface area contributed by atoms with Gasteiger partial charge in [-0.1, -0.05) is 0 Å². The summed E-state index contributed by atoms with van der Waals surface area (Å²) < 4.78 is 8.88. The Labute approximate surface area is 125 Å². The van der Waals surface area contributed by atoms with Gasteiger partial charge in [0.25, 0.3) is 0 Å². The molecule has 0 heterocycles. The summed E-state index contributed by atoms with van der Waals surface area (Å²) in [5.41, 5.74) is 0. The van der Waals surface area contributed by atoms with Crippen molar-refractivity contribution in [2.45, 2.75) is 20.8 Å². The Bertz CT molecular complexity index is 223. The van der Waals surface area contributed by atoms with Gasteiger partial charge in [-0.3, -0.25) is 0 Å². The van der Waals surface area contributed by atoms with Gasteiger partial charge in [0.05, 0.1) is 0 Å². The SMILES string of the molecule is C[C-](C)C.O=P(O)(O)O.[La].[c-]1ccccc1. The fourth-order valence-corrected chi connectivity index (χ4v) is 0.342. The van der Waals surface area contributed by atoms with E-state index in [1.807, 2.05) is 30.3 Å². The maximum atomic E-state index is 8.88. The first-order valence-electron chi connectivity index (χ1n) is 4.19. The number of hydrogen-bond donors (Lipinski definition) is 3. The number of phosphoric acid groups is 1. The summed E-state index contributed by atoms with van der Waals surface area (Å²) in [6.07, 6.45) is 0. The van der Waals surface area contributed by atoms with E-state index in [4.69, 9.17) is 19.2 Å². The quantitative estimate of drug-likeness (QED) is 0.483. The molecule has 0 saturated carbocycles. The third-order valence-electron chi connectivity index (χ3n) is 0.607. The fourth-order valence-electron chi connectivity index (χ4n) is 0.342. The summed E-state index contributed by atoms with van der Waals surface area (Å²) in [7, 11) is -4.64. The van der Waals surface area contributed by atoms with Crippen LogP contribution in [0.15, 0.2) is 30.3 Å².